The van der Waals surface area contributed by atoms with Crippen molar-refractivity contribution in [1.29, 1.82) is 0 Å². The van der Waals surface area contributed by atoms with Crippen LogP contribution in [0.5, 0.6) is 0 Å². The first kappa shape index (κ1) is 13.9. The van der Waals surface area contributed by atoms with Crippen molar-refractivity contribution in [3.8, 4) is 0 Å². The van der Waals surface area contributed by atoms with Crippen LogP contribution in [-0.4, -0.2) is 16.7 Å². The zero-order valence-electron chi connectivity index (χ0n) is 11.7. The van der Waals surface area contributed by atoms with Gasteiger partial charge < -0.3 is 0 Å². The lowest BCUT2D eigenvalue weighted by Gasteiger charge is -2.18. The number of carbonyl (C=O) groups excluding carboxylic acids is 2. The number of benzene rings is 1. The highest BCUT2D eigenvalue weighted by molar-refractivity contribution is 9.10. The van der Waals surface area contributed by atoms with E-state index in [-0.39, 0.29) is 0 Å². The van der Waals surface area contributed by atoms with Crippen LogP contribution in [0.25, 0.3) is 0 Å². The summed E-state index contributed by atoms with van der Waals surface area (Å²) in [5, 5.41) is 0. The standard InChI is InChI=1S/C16H13BrN2O2/c1-9-6-11(17)7-13-14(9)19(16(21)15(13)20)8-12-5-3-4-10(2)18-12/h3-7H,8H2,1-2H3. The second-order valence-electron chi connectivity index (χ2n) is 5.11. The van der Waals surface area contributed by atoms with Crippen LogP contribution in [0.1, 0.15) is 27.3 Å². The molecule has 0 saturated heterocycles. The van der Waals surface area contributed by atoms with Crippen LogP contribution in [0.2, 0.25) is 0 Å². The number of halogens is 1. The number of Topliss-reactive ketones (excluding diaryl/α,β-unsaturated/α-hetero) is 1. The van der Waals surface area contributed by atoms with Crippen molar-refractivity contribution in [3.05, 3.63) is 57.3 Å². The third-order valence-corrected chi connectivity index (χ3v) is 3.94. The Bertz CT molecular complexity index is 771. The van der Waals surface area contributed by atoms with Crippen molar-refractivity contribution in [2.75, 3.05) is 4.90 Å². The number of aromatic nitrogens is 1. The molecule has 1 aliphatic heterocycles. The summed E-state index contributed by atoms with van der Waals surface area (Å²) in [6, 6.07) is 9.26. The molecule has 0 unspecified atom stereocenters. The molecule has 1 aromatic carbocycles. The van der Waals surface area contributed by atoms with E-state index in [9.17, 15) is 9.59 Å². The van der Waals surface area contributed by atoms with Gasteiger partial charge >= 0.3 is 0 Å². The van der Waals surface area contributed by atoms with E-state index >= 15 is 0 Å². The number of hydrogen-bond acceptors (Lipinski definition) is 3. The van der Waals surface area contributed by atoms with Gasteiger partial charge in [-0.1, -0.05) is 22.0 Å². The Hall–Kier alpha value is -2.01. The van der Waals surface area contributed by atoms with Gasteiger partial charge in [0.15, 0.2) is 0 Å². The first-order valence-corrected chi connectivity index (χ1v) is 7.35. The number of hydrogen-bond donors (Lipinski definition) is 0. The van der Waals surface area contributed by atoms with Gasteiger partial charge in [0.25, 0.3) is 11.7 Å². The number of pyridine rings is 1. The molecule has 106 valence electrons. The smallest absolute Gasteiger partial charge is 0.298 e. The van der Waals surface area contributed by atoms with Crippen molar-refractivity contribution in [2.24, 2.45) is 0 Å². The largest absolute Gasteiger partial charge is 0.299 e. The predicted octanol–water partition coefficient (Wildman–Crippen LogP) is 3.19. The second-order valence-corrected chi connectivity index (χ2v) is 6.03. The highest BCUT2D eigenvalue weighted by Crippen LogP contribution is 2.35. The van der Waals surface area contributed by atoms with Gasteiger partial charge in [-0.25, -0.2) is 0 Å². The van der Waals surface area contributed by atoms with E-state index in [1.54, 1.807) is 6.07 Å². The van der Waals surface area contributed by atoms with E-state index in [2.05, 4.69) is 20.9 Å². The number of amides is 1. The number of rotatable bonds is 2. The zero-order valence-corrected chi connectivity index (χ0v) is 13.3. The highest BCUT2D eigenvalue weighted by atomic mass is 79.9. The summed E-state index contributed by atoms with van der Waals surface area (Å²) in [6.45, 7) is 4.10. The SMILES string of the molecule is Cc1cccc(CN2C(=O)C(=O)c3cc(Br)cc(C)c32)n1. The molecular weight excluding hydrogens is 332 g/mol. The van der Waals surface area contributed by atoms with Crippen LogP contribution < -0.4 is 4.90 Å². The summed E-state index contributed by atoms with van der Waals surface area (Å²) in [5.74, 6) is -0.948. The van der Waals surface area contributed by atoms with E-state index in [0.29, 0.717) is 17.8 Å². The number of aryl methyl sites for hydroxylation is 2. The molecule has 0 radical (unpaired) electrons. The molecule has 1 amide bonds. The molecule has 21 heavy (non-hydrogen) atoms. The Morgan fingerprint density at radius 2 is 1.95 bits per heavy atom. The topological polar surface area (TPSA) is 50.3 Å². The molecule has 5 heteroatoms. The van der Waals surface area contributed by atoms with Crippen LogP contribution >= 0.6 is 15.9 Å². The first-order valence-electron chi connectivity index (χ1n) is 6.56. The fraction of sp³-hybridized carbons (Fsp3) is 0.188. The summed E-state index contributed by atoms with van der Waals surface area (Å²) in [4.78, 5) is 30.3. The molecule has 0 bridgehead atoms. The molecule has 0 saturated carbocycles. The summed E-state index contributed by atoms with van der Waals surface area (Å²) >= 11 is 3.37. The quantitative estimate of drug-likeness (QED) is 0.786. The van der Waals surface area contributed by atoms with Crippen LogP contribution in [0.4, 0.5) is 5.69 Å². The summed E-state index contributed by atoms with van der Waals surface area (Å²) in [6.07, 6.45) is 0. The monoisotopic (exact) mass is 344 g/mol. The van der Waals surface area contributed by atoms with E-state index in [1.807, 2.05) is 38.1 Å². The third kappa shape index (κ3) is 2.38. The Morgan fingerprint density at radius 3 is 2.67 bits per heavy atom. The maximum absolute atomic E-state index is 12.2. The lowest BCUT2D eigenvalue weighted by atomic mass is 10.1. The minimum Gasteiger partial charge on any atom is -0.298 e. The van der Waals surface area contributed by atoms with E-state index in [4.69, 9.17) is 0 Å². The number of fused-ring (bicyclic) bond motifs is 1. The number of anilines is 1. The minimum atomic E-state index is -0.491. The number of ketones is 1. The van der Waals surface area contributed by atoms with Gasteiger partial charge in [0, 0.05) is 10.2 Å². The molecule has 1 aromatic heterocycles. The van der Waals surface area contributed by atoms with Crippen LogP contribution in [0.15, 0.2) is 34.8 Å². The van der Waals surface area contributed by atoms with Gasteiger partial charge in [-0.05, 0) is 43.7 Å². The van der Waals surface area contributed by atoms with Gasteiger partial charge in [-0.2, -0.15) is 0 Å². The van der Waals surface area contributed by atoms with Crippen molar-refractivity contribution in [3.63, 3.8) is 0 Å². The molecular formula is C16H13BrN2O2. The zero-order chi connectivity index (χ0) is 15.1. The molecule has 0 spiro atoms. The fourth-order valence-corrected chi connectivity index (χ4v) is 3.18. The predicted molar refractivity (Wildman–Crippen MR) is 83.4 cm³/mol. The Kier molecular flexibility index (Phi) is 3.37. The highest BCUT2D eigenvalue weighted by Gasteiger charge is 2.37. The third-order valence-electron chi connectivity index (χ3n) is 3.49. The Labute approximate surface area is 130 Å². The van der Waals surface area contributed by atoms with E-state index in [0.717, 1.165) is 21.4 Å². The van der Waals surface area contributed by atoms with Crippen LogP contribution in [0, 0.1) is 13.8 Å². The lowest BCUT2D eigenvalue weighted by molar-refractivity contribution is -0.114. The maximum Gasteiger partial charge on any atom is 0.299 e. The Morgan fingerprint density at radius 1 is 1.19 bits per heavy atom. The normalized spacial score (nSPS) is 13.8. The fourth-order valence-electron chi connectivity index (χ4n) is 2.61. The summed E-state index contributed by atoms with van der Waals surface area (Å²) < 4.78 is 0.801. The van der Waals surface area contributed by atoms with Crippen molar-refractivity contribution in [1.82, 2.24) is 4.98 Å². The molecule has 0 atom stereocenters. The average molecular weight is 345 g/mol. The summed E-state index contributed by atoms with van der Waals surface area (Å²) in [7, 11) is 0. The van der Waals surface area contributed by atoms with Crippen LogP contribution in [0.3, 0.4) is 0 Å². The second kappa shape index (κ2) is 5.07. The maximum atomic E-state index is 12.2. The van der Waals surface area contributed by atoms with Crippen LogP contribution in [-0.2, 0) is 11.3 Å². The molecule has 2 heterocycles. The molecule has 1 aliphatic rings. The Balaban J connectivity index is 2.05. The van der Waals surface area contributed by atoms with Crippen molar-refractivity contribution < 1.29 is 9.59 Å². The lowest BCUT2D eigenvalue weighted by Crippen LogP contribution is -2.29. The van der Waals surface area contributed by atoms with Gasteiger partial charge in [-0.3, -0.25) is 19.5 Å². The molecule has 2 aromatic rings. The molecule has 0 aliphatic carbocycles. The van der Waals surface area contributed by atoms with Gasteiger partial charge in [0.1, 0.15) is 0 Å². The first-order chi connectivity index (χ1) is 9.97. The molecule has 0 N–H and O–H groups in total. The van der Waals surface area contributed by atoms with Gasteiger partial charge in [-0.15, -0.1) is 0 Å². The molecule has 3 rings (SSSR count). The number of nitrogens with zero attached hydrogens (tertiary/aromatic N) is 2. The van der Waals surface area contributed by atoms with Crippen molar-refractivity contribution >= 4 is 33.3 Å². The van der Waals surface area contributed by atoms with Crippen molar-refractivity contribution in [2.45, 2.75) is 20.4 Å². The molecule has 0 fully saturated rings. The van der Waals surface area contributed by atoms with Gasteiger partial charge in [0.2, 0.25) is 0 Å². The van der Waals surface area contributed by atoms with Gasteiger partial charge in [0.05, 0.1) is 23.5 Å². The number of carbonyl (C=O) groups is 2. The molecule has 4 nitrogen and oxygen atoms in total. The van der Waals surface area contributed by atoms with E-state index in [1.165, 1.54) is 4.90 Å². The minimum absolute atomic E-state index is 0.307. The van der Waals surface area contributed by atoms with E-state index < -0.39 is 11.7 Å². The average Bonchev–Trinajstić information content (AvgIpc) is 2.64. The summed E-state index contributed by atoms with van der Waals surface area (Å²) in [5.41, 5.74) is 3.70.